The number of aromatic nitrogens is 2. The molecule has 3 aromatic carbocycles. The molecule has 0 spiro atoms. The fourth-order valence-electron chi connectivity index (χ4n) is 3.52. The quantitative estimate of drug-likeness (QED) is 0.272. The van der Waals surface area contributed by atoms with E-state index in [9.17, 15) is 4.79 Å². The Labute approximate surface area is 182 Å². The third-order valence-electron chi connectivity index (χ3n) is 5.22. The van der Waals surface area contributed by atoms with Gasteiger partial charge in [0.05, 0.1) is 16.6 Å². The van der Waals surface area contributed by atoms with Crippen molar-refractivity contribution in [3.8, 4) is 0 Å². The van der Waals surface area contributed by atoms with Gasteiger partial charge < -0.3 is 9.30 Å². The summed E-state index contributed by atoms with van der Waals surface area (Å²) in [5, 5.41) is 0. The summed E-state index contributed by atoms with van der Waals surface area (Å²) in [6, 6.07) is 23.4. The van der Waals surface area contributed by atoms with Gasteiger partial charge in [-0.05, 0) is 44.5 Å². The van der Waals surface area contributed by atoms with Crippen LogP contribution in [0.2, 0.25) is 0 Å². The second kappa shape index (κ2) is 9.00. The maximum atomic E-state index is 12.9. The summed E-state index contributed by atoms with van der Waals surface area (Å²) >= 11 is 0. The molecule has 4 nitrogen and oxygen atoms in total. The molecule has 0 saturated heterocycles. The Morgan fingerprint density at radius 1 is 0.903 bits per heavy atom. The number of hydrogen-bond donors (Lipinski definition) is 0. The Kier molecular flexibility index (Phi) is 5.99. The maximum Gasteiger partial charge on any atom is 0.343 e. The highest BCUT2D eigenvalue weighted by atomic mass is 16.5. The van der Waals surface area contributed by atoms with Crippen molar-refractivity contribution in [1.29, 1.82) is 0 Å². The van der Waals surface area contributed by atoms with E-state index >= 15 is 0 Å². The summed E-state index contributed by atoms with van der Waals surface area (Å²) in [7, 11) is 0. The SMILES string of the molecule is CCCn1c(/C=C(/OC(=O)c2ccc(C)cc2)c2ccc(C)cc2)nc2ccccc21. The van der Waals surface area contributed by atoms with Gasteiger partial charge in [0.2, 0.25) is 0 Å². The second-order valence-electron chi connectivity index (χ2n) is 7.74. The number of ether oxygens (including phenoxy) is 1. The van der Waals surface area contributed by atoms with Crippen LogP contribution in [0.25, 0.3) is 22.9 Å². The first-order chi connectivity index (χ1) is 15.0. The number of esters is 1. The van der Waals surface area contributed by atoms with E-state index in [1.54, 1.807) is 12.1 Å². The molecule has 0 aliphatic rings. The average molecular weight is 411 g/mol. The molecular formula is C27H26N2O2. The molecule has 0 unspecified atom stereocenters. The highest BCUT2D eigenvalue weighted by Crippen LogP contribution is 2.25. The van der Waals surface area contributed by atoms with Gasteiger partial charge in [0.15, 0.2) is 0 Å². The van der Waals surface area contributed by atoms with Crippen LogP contribution in [0, 0.1) is 13.8 Å². The normalized spacial score (nSPS) is 11.6. The van der Waals surface area contributed by atoms with Gasteiger partial charge in [-0.2, -0.15) is 0 Å². The van der Waals surface area contributed by atoms with Crippen molar-refractivity contribution in [3.05, 3.63) is 101 Å². The molecule has 0 amide bonds. The molecule has 4 aromatic rings. The van der Waals surface area contributed by atoms with Gasteiger partial charge in [-0.3, -0.25) is 0 Å². The van der Waals surface area contributed by atoms with Crippen LogP contribution in [0.5, 0.6) is 0 Å². The van der Waals surface area contributed by atoms with Crippen LogP contribution in [0.15, 0.2) is 72.8 Å². The molecule has 156 valence electrons. The van der Waals surface area contributed by atoms with Crippen LogP contribution in [-0.2, 0) is 11.3 Å². The lowest BCUT2D eigenvalue weighted by Crippen LogP contribution is -2.06. The van der Waals surface area contributed by atoms with Crippen molar-refractivity contribution in [2.24, 2.45) is 0 Å². The molecule has 1 aromatic heterocycles. The summed E-state index contributed by atoms with van der Waals surface area (Å²) < 4.78 is 8.07. The Balaban J connectivity index is 1.79. The Morgan fingerprint density at radius 3 is 2.16 bits per heavy atom. The first-order valence-corrected chi connectivity index (χ1v) is 10.6. The standard InChI is InChI=1S/C27H26N2O2/c1-4-17-29-24-8-6-5-7-23(24)28-26(29)18-25(21-13-9-19(2)10-14-21)31-27(30)22-15-11-20(3)12-16-22/h5-16,18H,4,17H2,1-3H3/b25-18+. The van der Waals surface area contributed by atoms with E-state index in [-0.39, 0.29) is 5.97 Å². The van der Waals surface area contributed by atoms with E-state index in [2.05, 4.69) is 17.6 Å². The van der Waals surface area contributed by atoms with E-state index in [1.807, 2.05) is 74.5 Å². The number of carbonyl (C=O) groups is 1. The number of benzene rings is 3. The molecule has 0 atom stereocenters. The minimum Gasteiger partial charge on any atom is -0.422 e. The van der Waals surface area contributed by atoms with Gasteiger partial charge in [-0.1, -0.05) is 66.6 Å². The average Bonchev–Trinajstić information content (AvgIpc) is 3.12. The van der Waals surface area contributed by atoms with E-state index in [1.165, 1.54) is 0 Å². The van der Waals surface area contributed by atoms with Crippen LogP contribution in [-0.4, -0.2) is 15.5 Å². The number of imidazole rings is 1. The second-order valence-corrected chi connectivity index (χ2v) is 7.74. The molecule has 0 N–H and O–H groups in total. The predicted molar refractivity (Wildman–Crippen MR) is 126 cm³/mol. The molecule has 0 aliphatic heterocycles. The smallest absolute Gasteiger partial charge is 0.343 e. The highest BCUT2D eigenvalue weighted by molar-refractivity contribution is 5.95. The molecule has 0 bridgehead atoms. The van der Waals surface area contributed by atoms with Gasteiger partial charge in [-0.15, -0.1) is 0 Å². The van der Waals surface area contributed by atoms with Crippen molar-refractivity contribution in [2.45, 2.75) is 33.7 Å². The Morgan fingerprint density at radius 2 is 1.52 bits per heavy atom. The minimum atomic E-state index is -0.384. The molecule has 0 fully saturated rings. The molecule has 4 heteroatoms. The van der Waals surface area contributed by atoms with Gasteiger partial charge in [-0.25, -0.2) is 9.78 Å². The number of hydrogen-bond acceptors (Lipinski definition) is 3. The lowest BCUT2D eigenvalue weighted by atomic mass is 10.1. The lowest BCUT2D eigenvalue weighted by Gasteiger charge is -2.11. The van der Waals surface area contributed by atoms with Crippen molar-refractivity contribution in [3.63, 3.8) is 0 Å². The van der Waals surface area contributed by atoms with Crippen LogP contribution in [0.4, 0.5) is 0 Å². The third-order valence-corrected chi connectivity index (χ3v) is 5.22. The van der Waals surface area contributed by atoms with E-state index < -0.39 is 0 Å². The molecule has 0 aliphatic carbocycles. The van der Waals surface area contributed by atoms with Crippen molar-refractivity contribution in [1.82, 2.24) is 9.55 Å². The van der Waals surface area contributed by atoms with Crippen molar-refractivity contribution < 1.29 is 9.53 Å². The molecular weight excluding hydrogens is 384 g/mol. The topological polar surface area (TPSA) is 44.1 Å². The highest BCUT2D eigenvalue weighted by Gasteiger charge is 2.15. The zero-order chi connectivity index (χ0) is 21.8. The van der Waals surface area contributed by atoms with Crippen LogP contribution >= 0.6 is 0 Å². The number of nitrogens with zero attached hydrogens (tertiary/aromatic N) is 2. The van der Waals surface area contributed by atoms with E-state index in [0.29, 0.717) is 11.3 Å². The predicted octanol–water partition coefficient (Wildman–Crippen LogP) is 6.42. The fraction of sp³-hybridized carbons (Fsp3) is 0.185. The first-order valence-electron chi connectivity index (χ1n) is 10.6. The number of rotatable bonds is 6. The number of carbonyl (C=O) groups excluding carboxylic acids is 1. The molecule has 1 heterocycles. The van der Waals surface area contributed by atoms with Crippen molar-refractivity contribution >= 4 is 28.8 Å². The van der Waals surface area contributed by atoms with Gasteiger partial charge in [0, 0.05) is 18.2 Å². The molecule has 4 rings (SSSR count). The van der Waals surface area contributed by atoms with Crippen LogP contribution < -0.4 is 0 Å². The number of aryl methyl sites for hydroxylation is 3. The maximum absolute atomic E-state index is 12.9. The summed E-state index contributed by atoms with van der Waals surface area (Å²) in [6.45, 7) is 7.00. The number of fused-ring (bicyclic) bond motifs is 1. The largest absolute Gasteiger partial charge is 0.422 e. The minimum absolute atomic E-state index is 0.384. The molecule has 0 saturated carbocycles. The fourth-order valence-corrected chi connectivity index (χ4v) is 3.52. The van der Waals surface area contributed by atoms with Gasteiger partial charge in [0.1, 0.15) is 11.6 Å². The zero-order valence-corrected chi connectivity index (χ0v) is 18.1. The lowest BCUT2D eigenvalue weighted by molar-refractivity contribution is 0.0693. The summed E-state index contributed by atoms with van der Waals surface area (Å²) in [6.07, 6.45) is 2.84. The van der Waals surface area contributed by atoms with Crippen LogP contribution in [0.1, 0.15) is 46.2 Å². The van der Waals surface area contributed by atoms with E-state index in [4.69, 9.17) is 9.72 Å². The Hall–Kier alpha value is -3.66. The molecule has 31 heavy (non-hydrogen) atoms. The molecule has 0 radical (unpaired) electrons. The van der Waals surface area contributed by atoms with E-state index in [0.717, 1.165) is 46.5 Å². The van der Waals surface area contributed by atoms with Gasteiger partial charge >= 0.3 is 5.97 Å². The van der Waals surface area contributed by atoms with Crippen LogP contribution in [0.3, 0.4) is 0 Å². The Bertz CT molecular complexity index is 1230. The number of para-hydroxylation sites is 2. The monoisotopic (exact) mass is 410 g/mol. The summed E-state index contributed by atoms with van der Waals surface area (Å²) in [4.78, 5) is 17.7. The summed E-state index contributed by atoms with van der Waals surface area (Å²) in [5.41, 5.74) is 5.59. The zero-order valence-electron chi connectivity index (χ0n) is 18.1. The van der Waals surface area contributed by atoms with Crippen molar-refractivity contribution in [2.75, 3.05) is 0 Å². The summed E-state index contributed by atoms with van der Waals surface area (Å²) in [5.74, 6) is 0.874. The third kappa shape index (κ3) is 4.58. The van der Waals surface area contributed by atoms with Gasteiger partial charge in [0.25, 0.3) is 0 Å². The first kappa shape index (κ1) is 20.6.